The van der Waals surface area contributed by atoms with Gasteiger partial charge in [-0.3, -0.25) is 4.90 Å². The molecule has 2 aromatic carbocycles. The zero-order valence-electron chi connectivity index (χ0n) is 27.1. The van der Waals surface area contributed by atoms with Crippen LogP contribution in [-0.2, 0) is 11.2 Å². The van der Waals surface area contributed by atoms with Gasteiger partial charge in [0.25, 0.3) is 0 Å². The molecule has 2 aromatic heterocycles. The number of likely N-dealkylation sites (N-methyl/N-ethyl adjacent to an activating group) is 1. The molecule has 0 spiro atoms. The molecule has 246 valence electrons. The van der Waals surface area contributed by atoms with Gasteiger partial charge in [-0.15, -0.1) is 6.42 Å². The number of halogens is 2. The van der Waals surface area contributed by atoms with Crippen LogP contribution in [0.1, 0.15) is 49.8 Å². The van der Waals surface area contributed by atoms with Crippen molar-refractivity contribution in [3.8, 4) is 35.4 Å². The Morgan fingerprint density at radius 1 is 1.11 bits per heavy atom. The minimum Gasteiger partial charge on any atom is -0.468 e. The van der Waals surface area contributed by atoms with E-state index in [-0.39, 0.29) is 42.0 Å². The average molecular weight is 643 g/mol. The predicted octanol–water partition coefficient (Wildman–Crippen LogP) is 5.51. The Balaban J connectivity index is 1.41. The molecule has 2 saturated heterocycles. The summed E-state index contributed by atoms with van der Waals surface area (Å²) in [4.78, 5) is 18.5. The van der Waals surface area contributed by atoms with E-state index in [1.807, 2.05) is 24.3 Å². The molecule has 4 aromatic rings. The number of alkyl halides is 1. The van der Waals surface area contributed by atoms with Crippen molar-refractivity contribution in [2.45, 2.75) is 62.2 Å². The molecule has 9 nitrogen and oxygen atoms in total. The van der Waals surface area contributed by atoms with E-state index in [1.165, 1.54) is 7.11 Å². The second-order valence-corrected chi connectivity index (χ2v) is 13.4. The molecule has 0 bridgehead atoms. The third-order valence-electron chi connectivity index (χ3n) is 10.5. The lowest BCUT2D eigenvalue weighted by Gasteiger charge is -2.47. The average Bonchev–Trinajstić information content (AvgIpc) is 3.56. The third-order valence-corrected chi connectivity index (χ3v) is 10.5. The number of hydrogen-bond donors (Lipinski definition) is 1. The van der Waals surface area contributed by atoms with E-state index in [0.29, 0.717) is 52.7 Å². The molecule has 2 atom stereocenters. The maximum Gasteiger partial charge on any atom is 0.319 e. The highest BCUT2D eigenvalue weighted by molar-refractivity contribution is 6.03. The number of nitrogen functional groups attached to an aromatic ring is 1. The standard InChI is InChI=1S/C36H40F2N6O3/c1-5-22-9-6-10-23-15-25(47-21-45-4)16-26(28(22)23)31-30(38)32-29(27(40-31)18-35(43(2)3)11-7-12-35)33(39)42-34(41-32)46-20-36-13-8-14-44(36)19-24(37)17-36/h1,6,9-10,15-16,24H,7-8,11-14,17-21H2,2-4H3,(H2,39,41,42)/t24-,36+/m1/s1. The lowest BCUT2D eigenvalue weighted by Crippen LogP contribution is -2.51. The van der Waals surface area contributed by atoms with Crippen LogP contribution in [0.4, 0.5) is 14.6 Å². The second-order valence-electron chi connectivity index (χ2n) is 13.4. The molecule has 3 fully saturated rings. The first-order valence-electron chi connectivity index (χ1n) is 16.2. The topological polar surface area (TPSA) is 98.9 Å². The van der Waals surface area contributed by atoms with Crippen LogP contribution in [0.3, 0.4) is 0 Å². The van der Waals surface area contributed by atoms with Gasteiger partial charge in [-0.05, 0) is 76.3 Å². The first kappa shape index (κ1) is 31.5. The van der Waals surface area contributed by atoms with Crippen molar-refractivity contribution in [3.05, 3.63) is 47.4 Å². The zero-order chi connectivity index (χ0) is 32.9. The summed E-state index contributed by atoms with van der Waals surface area (Å²) in [5, 5.41) is 1.80. The molecule has 2 aliphatic heterocycles. The Morgan fingerprint density at radius 2 is 1.94 bits per heavy atom. The number of nitrogens with zero attached hydrogens (tertiary/aromatic N) is 5. The number of anilines is 1. The van der Waals surface area contributed by atoms with Gasteiger partial charge >= 0.3 is 6.01 Å². The Bertz CT molecular complexity index is 1890. The van der Waals surface area contributed by atoms with Crippen LogP contribution < -0.4 is 15.2 Å². The van der Waals surface area contributed by atoms with Crippen molar-refractivity contribution < 1.29 is 23.0 Å². The number of terminal acetylenes is 1. The molecule has 7 rings (SSSR count). The van der Waals surface area contributed by atoms with Crippen molar-refractivity contribution in [1.29, 1.82) is 0 Å². The van der Waals surface area contributed by atoms with Gasteiger partial charge in [0.1, 0.15) is 35.6 Å². The van der Waals surface area contributed by atoms with Gasteiger partial charge in [0.05, 0.1) is 16.6 Å². The molecule has 1 saturated carbocycles. The Morgan fingerprint density at radius 3 is 2.66 bits per heavy atom. The first-order chi connectivity index (χ1) is 22.7. The molecular formula is C36H40F2N6O3. The quantitative estimate of drug-likeness (QED) is 0.177. The highest BCUT2D eigenvalue weighted by atomic mass is 19.1. The van der Waals surface area contributed by atoms with Gasteiger partial charge in [-0.1, -0.05) is 18.1 Å². The summed E-state index contributed by atoms with van der Waals surface area (Å²) in [6.07, 6.45) is 10.8. The van der Waals surface area contributed by atoms with E-state index in [4.69, 9.17) is 31.4 Å². The van der Waals surface area contributed by atoms with Crippen LogP contribution in [0, 0.1) is 18.2 Å². The number of aromatic nitrogens is 3. The zero-order valence-corrected chi connectivity index (χ0v) is 27.1. The summed E-state index contributed by atoms with van der Waals surface area (Å²) in [5.41, 5.74) is 7.79. The largest absolute Gasteiger partial charge is 0.468 e. The van der Waals surface area contributed by atoms with Gasteiger partial charge in [-0.2, -0.15) is 9.97 Å². The molecule has 0 amide bonds. The Kier molecular flexibility index (Phi) is 8.15. The summed E-state index contributed by atoms with van der Waals surface area (Å²) in [5.74, 6) is 2.65. The van der Waals surface area contributed by atoms with Gasteiger partial charge in [0.15, 0.2) is 12.6 Å². The minimum atomic E-state index is -0.906. The first-order valence-corrected chi connectivity index (χ1v) is 16.2. The van der Waals surface area contributed by atoms with E-state index in [9.17, 15) is 4.39 Å². The number of pyridine rings is 1. The number of hydrogen-bond acceptors (Lipinski definition) is 9. The maximum absolute atomic E-state index is 17.1. The van der Waals surface area contributed by atoms with Gasteiger partial charge in [-0.25, -0.2) is 13.8 Å². The van der Waals surface area contributed by atoms with Crippen molar-refractivity contribution in [3.63, 3.8) is 0 Å². The normalized spacial score (nSPS) is 22.0. The fourth-order valence-corrected chi connectivity index (χ4v) is 7.87. The molecule has 2 N–H and O–H groups in total. The SMILES string of the molecule is C#Cc1cccc2cc(OCOC)cc(-c3nc(CC4(N(C)C)CCC4)c4c(N)nc(OC[C@@]56CCCN5C[C@H](F)C6)nc4c3F)c12. The van der Waals surface area contributed by atoms with Crippen LogP contribution in [-0.4, -0.2) is 89.7 Å². The molecule has 11 heteroatoms. The Labute approximate surface area is 273 Å². The van der Waals surface area contributed by atoms with Crippen molar-refractivity contribution in [2.24, 2.45) is 0 Å². The summed E-state index contributed by atoms with van der Waals surface area (Å²) in [6.45, 7) is 1.43. The lowest BCUT2D eigenvalue weighted by atomic mass is 9.72. The number of ether oxygens (including phenoxy) is 3. The highest BCUT2D eigenvalue weighted by Gasteiger charge is 2.49. The van der Waals surface area contributed by atoms with Crippen molar-refractivity contribution in [2.75, 3.05) is 53.4 Å². The molecule has 0 radical (unpaired) electrons. The molecular weight excluding hydrogens is 602 g/mol. The van der Waals surface area contributed by atoms with E-state index in [0.717, 1.165) is 44.0 Å². The monoisotopic (exact) mass is 642 g/mol. The number of fused-ring (bicyclic) bond motifs is 3. The van der Waals surface area contributed by atoms with E-state index in [2.05, 4.69) is 39.8 Å². The summed E-state index contributed by atoms with van der Waals surface area (Å²) in [6, 6.07) is 9.11. The fourth-order valence-electron chi connectivity index (χ4n) is 7.87. The molecule has 4 heterocycles. The van der Waals surface area contributed by atoms with Gasteiger partial charge in [0, 0.05) is 48.5 Å². The number of benzene rings is 2. The lowest BCUT2D eigenvalue weighted by molar-refractivity contribution is 0.0512. The van der Waals surface area contributed by atoms with Crippen LogP contribution >= 0.6 is 0 Å². The number of nitrogens with two attached hydrogens (primary N) is 1. The minimum absolute atomic E-state index is 0.0105. The predicted molar refractivity (Wildman–Crippen MR) is 178 cm³/mol. The van der Waals surface area contributed by atoms with Crippen LogP contribution in [0.15, 0.2) is 30.3 Å². The number of methoxy groups -OCH3 is 1. The van der Waals surface area contributed by atoms with Crippen LogP contribution in [0.5, 0.6) is 11.8 Å². The molecule has 3 aliphatic rings. The van der Waals surface area contributed by atoms with Crippen molar-refractivity contribution in [1.82, 2.24) is 24.8 Å². The summed E-state index contributed by atoms with van der Waals surface area (Å²) in [7, 11) is 5.64. The van der Waals surface area contributed by atoms with Crippen LogP contribution in [0.2, 0.25) is 0 Å². The third kappa shape index (κ3) is 5.42. The Hall–Kier alpha value is -4.11. The second kappa shape index (κ2) is 12.2. The molecule has 47 heavy (non-hydrogen) atoms. The van der Waals surface area contributed by atoms with E-state index in [1.54, 1.807) is 6.07 Å². The smallest absolute Gasteiger partial charge is 0.319 e. The molecule has 0 unspecified atom stereocenters. The van der Waals surface area contributed by atoms with E-state index < -0.39 is 17.5 Å². The fraction of sp³-hybridized carbons (Fsp3) is 0.472. The van der Waals surface area contributed by atoms with Crippen LogP contribution in [0.25, 0.3) is 32.9 Å². The van der Waals surface area contributed by atoms with E-state index >= 15 is 4.39 Å². The van der Waals surface area contributed by atoms with Crippen molar-refractivity contribution >= 4 is 27.5 Å². The molecule has 1 aliphatic carbocycles. The van der Waals surface area contributed by atoms with Gasteiger partial charge in [0.2, 0.25) is 0 Å². The summed E-state index contributed by atoms with van der Waals surface area (Å²) >= 11 is 0. The highest BCUT2D eigenvalue weighted by Crippen LogP contribution is 2.44. The maximum atomic E-state index is 17.1. The summed E-state index contributed by atoms with van der Waals surface area (Å²) < 4.78 is 48.6. The number of rotatable bonds is 10. The van der Waals surface area contributed by atoms with Gasteiger partial charge < -0.3 is 24.8 Å².